The fraction of sp³-hybridized carbons (Fsp3) is 1.00. The summed E-state index contributed by atoms with van der Waals surface area (Å²) in [6.07, 6.45) is 18.1. The van der Waals surface area contributed by atoms with Crippen molar-refractivity contribution in [3.8, 4) is 0 Å². The first-order valence-electron chi connectivity index (χ1n) is 8.94. The minimum atomic E-state index is -2.02. The Kier molecular flexibility index (Phi) is 7.06. The van der Waals surface area contributed by atoms with Crippen molar-refractivity contribution in [1.29, 1.82) is 0 Å². The molecule has 118 valence electrons. The third-order valence-electron chi connectivity index (χ3n) is 5.74. The van der Waals surface area contributed by atoms with Gasteiger partial charge in [0.25, 0.3) is 0 Å². The number of rotatable bonds is 4. The van der Waals surface area contributed by atoms with E-state index in [4.69, 9.17) is 8.85 Å². The maximum Gasteiger partial charge on any atom is 0.344 e. The van der Waals surface area contributed by atoms with Gasteiger partial charge in [-0.15, -0.1) is 0 Å². The van der Waals surface area contributed by atoms with Gasteiger partial charge in [-0.2, -0.15) is 0 Å². The van der Waals surface area contributed by atoms with Crippen molar-refractivity contribution in [2.75, 3.05) is 14.2 Å². The molecule has 0 aromatic rings. The summed E-state index contributed by atoms with van der Waals surface area (Å²) in [5.41, 5.74) is 1.48. The summed E-state index contributed by atoms with van der Waals surface area (Å²) in [5.74, 6) is 0. The fourth-order valence-electron chi connectivity index (χ4n) is 4.62. The molecule has 0 bridgehead atoms. The van der Waals surface area contributed by atoms with Crippen LogP contribution in [0.3, 0.4) is 0 Å². The monoisotopic (exact) mass is 298 g/mol. The van der Waals surface area contributed by atoms with Crippen LogP contribution >= 0.6 is 0 Å². The first-order valence-corrected chi connectivity index (χ1v) is 10.9. The molecule has 0 radical (unpaired) electrons. The molecule has 2 aliphatic rings. The molecule has 0 saturated heterocycles. The molecule has 0 N–H and O–H groups in total. The van der Waals surface area contributed by atoms with Crippen molar-refractivity contribution in [1.82, 2.24) is 0 Å². The lowest BCUT2D eigenvalue weighted by molar-refractivity contribution is 0.198. The summed E-state index contributed by atoms with van der Waals surface area (Å²) in [7, 11) is 1.86. The van der Waals surface area contributed by atoms with Gasteiger partial charge in [0.1, 0.15) is 0 Å². The van der Waals surface area contributed by atoms with Gasteiger partial charge in [0, 0.05) is 25.3 Å². The predicted molar refractivity (Wildman–Crippen MR) is 87.3 cm³/mol. The first-order chi connectivity index (χ1) is 9.83. The molecule has 0 aliphatic heterocycles. The quantitative estimate of drug-likeness (QED) is 0.633. The van der Waals surface area contributed by atoms with Crippen LogP contribution in [0.2, 0.25) is 11.1 Å². The zero-order chi connectivity index (χ0) is 14.3. The summed E-state index contributed by atoms with van der Waals surface area (Å²) in [5, 5.41) is 0. The Hall–Kier alpha value is 0.137. The van der Waals surface area contributed by atoms with E-state index in [0.717, 1.165) is 11.1 Å². The number of hydrogen-bond acceptors (Lipinski definition) is 2. The van der Waals surface area contributed by atoms with Crippen molar-refractivity contribution >= 4 is 8.56 Å². The van der Waals surface area contributed by atoms with Crippen molar-refractivity contribution < 1.29 is 8.85 Å². The molecule has 0 aromatic heterocycles. The predicted octanol–water partition coefficient (Wildman–Crippen LogP) is 5.56. The van der Waals surface area contributed by atoms with Gasteiger partial charge >= 0.3 is 8.56 Å². The molecule has 0 atom stereocenters. The van der Waals surface area contributed by atoms with Crippen LogP contribution in [0.25, 0.3) is 0 Å². The summed E-state index contributed by atoms with van der Waals surface area (Å²) in [6.45, 7) is 0. The van der Waals surface area contributed by atoms with Crippen LogP contribution in [0.4, 0.5) is 0 Å². The molecule has 2 aliphatic carbocycles. The lowest BCUT2D eigenvalue weighted by Gasteiger charge is -2.42. The molecule has 0 heterocycles. The Morgan fingerprint density at radius 3 is 1.20 bits per heavy atom. The minimum absolute atomic E-state index is 0.735. The molecule has 3 heteroatoms. The van der Waals surface area contributed by atoms with Gasteiger partial charge in [-0.3, -0.25) is 0 Å². The molecule has 2 saturated carbocycles. The maximum absolute atomic E-state index is 6.22. The number of hydrogen-bond donors (Lipinski definition) is 0. The molecule has 0 aromatic carbocycles. The standard InChI is InChI=1S/C17H34O2Si/c1-18-20(19-2,17-14-10-7-11-15-17)16-12-8-5-3-4-6-9-13-16/h16-17H,3-15H2,1-2H3. The topological polar surface area (TPSA) is 18.5 Å². The Morgan fingerprint density at radius 2 is 0.850 bits per heavy atom. The largest absolute Gasteiger partial charge is 0.397 e. The van der Waals surface area contributed by atoms with Crippen LogP contribution in [-0.4, -0.2) is 22.8 Å². The van der Waals surface area contributed by atoms with Gasteiger partial charge in [-0.05, 0) is 25.7 Å². The maximum atomic E-state index is 6.22. The van der Waals surface area contributed by atoms with Crippen LogP contribution in [0.5, 0.6) is 0 Å². The van der Waals surface area contributed by atoms with E-state index in [1.807, 2.05) is 14.2 Å². The van der Waals surface area contributed by atoms with E-state index >= 15 is 0 Å². The zero-order valence-corrected chi connectivity index (χ0v) is 14.7. The van der Waals surface area contributed by atoms with E-state index in [-0.39, 0.29) is 0 Å². The van der Waals surface area contributed by atoms with E-state index in [1.54, 1.807) is 0 Å². The minimum Gasteiger partial charge on any atom is -0.397 e. The summed E-state index contributed by atoms with van der Waals surface area (Å²) < 4.78 is 12.4. The van der Waals surface area contributed by atoms with E-state index in [1.165, 1.54) is 83.5 Å². The molecule has 2 nitrogen and oxygen atoms in total. The lowest BCUT2D eigenvalue weighted by atomic mass is 10.0. The second-order valence-electron chi connectivity index (χ2n) is 6.86. The highest BCUT2D eigenvalue weighted by molar-refractivity contribution is 6.70. The molecule has 2 rings (SSSR count). The van der Waals surface area contributed by atoms with Crippen LogP contribution < -0.4 is 0 Å². The summed E-state index contributed by atoms with van der Waals surface area (Å²) in [6, 6.07) is 0. The second kappa shape index (κ2) is 8.55. The average Bonchev–Trinajstić information content (AvgIpc) is 2.65. The van der Waals surface area contributed by atoms with Crippen LogP contribution in [0.1, 0.15) is 83.5 Å². The normalized spacial score (nSPS) is 24.9. The van der Waals surface area contributed by atoms with Crippen molar-refractivity contribution in [3.05, 3.63) is 0 Å². The molecular formula is C17H34O2Si. The lowest BCUT2D eigenvalue weighted by Crippen LogP contribution is -2.50. The van der Waals surface area contributed by atoms with Crippen molar-refractivity contribution in [2.45, 2.75) is 94.6 Å². The fourth-order valence-corrected chi connectivity index (χ4v) is 9.22. The van der Waals surface area contributed by atoms with E-state index in [2.05, 4.69) is 0 Å². The van der Waals surface area contributed by atoms with Crippen molar-refractivity contribution in [3.63, 3.8) is 0 Å². The second-order valence-corrected chi connectivity index (χ2v) is 10.8. The summed E-state index contributed by atoms with van der Waals surface area (Å²) in [4.78, 5) is 0. The van der Waals surface area contributed by atoms with E-state index in [0.29, 0.717) is 0 Å². The molecule has 0 spiro atoms. The third-order valence-corrected chi connectivity index (χ3v) is 10.4. The smallest absolute Gasteiger partial charge is 0.344 e. The van der Waals surface area contributed by atoms with Gasteiger partial charge in [0.2, 0.25) is 0 Å². The zero-order valence-electron chi connectivity index (χ0n) is 13.7. The molecule has 0 amide bonds. The van der Waals surface area contributed by atoms with Gasteiger partial charge < -0.3 is 8.85 Å². The SMILES string of the molecule is CO[Si](OC)(C1CCCCCCCC1)C1CCCCC1. The van der Waals surface area contributed by atoms with E-state index < -0.39 is 8.56 Å². The van der Waals surface area contributed by atoms with E-state index in [9.17, 15) is 0 Å². The molecular weight excluding hydrogens is 264 g/mol. The average molecular weight is 299 g/mol. The Labute approximate surface area is 126 Å². The summed E-state index contributed by atoms with van der Waals surface area (Å²) >= 11 is 0. The van der Waals surface area contributed by atoms with Gasteiger partial charge in [-0.25, -0.2) is 0 Å². The van der Waals surface area contributed by atoms with Gasteiger partial charge in [0.15, 0.2) is 0 Å². The molecule has 0 unspecified atom stereocenters. The van der Waals surface area contributed by atoms with Crippen LogP contribution in [0, 0.1) is 0 Å². The highest BCUT2D eigenvalue weighted by Crippen LogP contribution is 2.47. The van der Waals surface area contributed by atoms with Gasteiger partial charge in [0.05, 0.1) is 0 Å². The molecule has 20 heavy (non-hydrogen) atoms. The van der Waals surface area contributed by atoms with Crippen LogP contribution in [-0.2, 0) is 8.85 Å². The van der Waals surface area contributed by atoms with Crippen molar-refractivity contribution in [2.24, 2.45) is 0 Å². The highest BCUT2D eigenvalue weighted by Gasteiger charge is 2.50. The van der Waals surface area contributed by atoms with Crippen LogP contribution in [0.15, 0.2) is 0 Å². The Morgan fingerprint density at radius 1 is 0.550 bits per heavy atom. The third kappa shape index (κ3) is 3.86. The van der Waals surface area contributed by atoms with Gasteiger partial charge in [-0.1, -0.05) is 57.8 Å². The highest BCUT2D eigenvalue weighted by atomic mass is 28.4. The Balaban J connectivity index is 2.10. The Bertz CT molecular complexity index is 250. The first kappa shape index (κ1) is 16.5. The molecule has 2 fully saturated rings.